The molecule has 0 fully saturated rings. The molecule has 0 heterocycles. The second-order valence-corrected chi connectivity index (χ2v) is 4.66. The van der Waals surface area contributed by atoms with Crippen molar-refractivity contribution in [3.63, 3.8) is 0 Å². The van der Waals surface area contributed by atoms with E-state index in [1.165, 1.54) is 12.1 Å². The molecule has 0 radical (unpaired) electrons. The third-order valence-corrected chi connectivity index (χ3v) is 3.03. The van der Waals surface area contributed by atoms with E-state index in [4.69, 9.17) is 9.47 Å². The van der Waals surface area contributed by atoms with Gasteiger partial charge in [0.1, 0.15) is 5.82 Å². The highest BCUT2D eigenvalue weighted by molar-refractivity contribution is 5.76. The number of nitrogens with one attached hydrogen (secondary N) is 1. The van der Waals surface area contributed by atoms with Crippen molar-refractivity contribution in [2.24, 2.45) is 0 Å². The molecule has 0 saturated carbocycles. The zero-order chi connectivity index (χ0) is 15.8. The van der Waals surface area contributed by atoms with Crippen LogP contribution in [0, 0.1) is 5.82 Å². The Morgan fingerprint density at radius 2 is 1.91 bits per heavy atom. The third kappa shape index (κ3) is 4.77. The van der Waals surface area contributed by atoms with Gasteiger partial charge in [0.25, 0.3) is 0 Å². The third-order valence-electron chi connectivity index (χ3n) is 3.03. The van der Waals surface area contributed by atoms with Crippen molar-refractivity contribution >= 4 is 5.91 Å². The predicted octanol–water partition coefficient (Wildman–Crippen LogP) is 2.92. The van der Waals surface area contributed by atoms with Crippen molar-refractivity contribution in [3.05, 3.63) is 59.9 Å². The van der Waals surface area contributed by atoms with E-state index < -0.39 is 0 Å². The molecule has 5 heteroatoms. The first kappa shape index (κ1) is 15.8. The summed E-state index contributed by atoms with van der Waals surface area (Å²) < 4.78 is 23.7. The van der Waals surface area contributed by atoms with E-state index in [-0.39, 0.29) is 24.8 Å². The Balaban J connectivity index is 1.74. The van der Waals surface area contributed by atoms with Crippen molar-refractivity contribution in [1.29, 1.82) is 0 Å². The lowest BCUT2D eigenvalue weighted by Crippen LogP contribution is -2.24. The molecular formula is C17H18FNO3. The van der Waals surface area contributed by atoms with Crippen molar-refractivity contribution in [1.82, 2.24) is 5.32 Å². The molecule has 2 aromatic rings. The second kappa shape index (κ2) is 8.02. The monoisotopic (exact) mass is 303 g/mol. The van der Waals surface area contributed by atoms with Crippen LogP contribution in [0.25, 0.3) is 0 Å². The number of hydrogen-bond donors (Lipinski definition) is 1. The van der Waals surface area contributed by atoms with Gasteiger partial charge in [0.2, 0.25) is 5.91 Å². The summed E-state index contributed by atoms with van der Waals surface area (Å²) in [5, 5.41) is 2.72. The Bertz CT molecular complexity index is 631. The fraction of sp³-hybridized carbons (Fsp3) is 0.235. The minimum atomic E-state index is -0.314. The molecule has 1 N–H and O–H groups in total. The van der Waals surface area contributed by atoms with Crippen LogP contribution < -0.4 is 14.8 Å². The maximum absolute atomic E-state index is 13.0. The number of carbonyl (C=O) groups excluding carboxylic acids is 1. The summed E-state index contributed by atoms with van der Waals surface area (Å²) in [5.74, 6) is 0.760. The zero-order valence-electron chi connectivity index (χ0n) is 12.3. The minimum absolute atomic E-state index is 0.154. The molecule has 0 unspecified atom stereocenters. The molecule has 22 heavy (non-hydrogen) atoms. The van der Waals surface area contributed by atoms with E-state index in [0.29, 0.717) is 18.0 Å². The quantitative estimate of drug-likeness (QED) is 0.855. The number of amides is 1. The second-order valence-electron chi connectivity index (χ2n) is 4.66. The van der Waals surface area contributed by atoms with Crippen molar-refractivity contribution in [3.8, 4) is 11.5 Å². The lowest BCUT2D eigenvalue weighted by atomic mass is 10.2. The molecule has 0 aromatic heterocycles. The lowest BCUT2D eigenvalue weighted by molar-refractivity contribution is -0.121. The number of rotatable bonds is 7. The predicted molar refractivity (Wildman–Crippen MR) is 81.4 cm³/mol. The van der Waals surface area contributed by atoms with E-state index in [2.05, 4.69) is 5.32 Å². The van der Waals surface area contributed by atoms with Crippen LogP contribution in [0.15, 0.2) is 48.5 Å². The topological polar surface area (TPSA) is 47.6 Å². The molecule has 2 rings (SSSR count). The van der Waals surface area contributed by atoms with Crippen LogP contribution in [-0.2, 0) is 11.3 Å². The molecule has 0 bridgehead atoms. The van der Waals surface area contributed by atoms with Gasteiger partial charge in [-0.25, -0.2) is 4.39 Å². The maximum Gasteiger partial charge on any atom is 0.223 e. The SMILES string of the molecule is COc1ccccc1OCCC(=O)NCc1cccc(F)c1. The average Bonchev–Trinajstić information content (AvgIpc) is 2.53. The van der Waals surface area contributed by atoms with Gasteiger partial charge in [-0.15, -0.1) is 0 Å². The van der Waals surface area contributed by atoms with E-state index in [1.54, 1.807) is 31.4 Å². The van der Waals surface area contributed by atoms with E-state index in [9.17, 15) is 9.18 Å². The number of para-hydroxylation sites is 2. The van der Waals surface area contributed by atoms with Crippen molar-refractivity contribution in [2.45, 2.75) is 13.0 Å². The molecule has 0 aliphatic heterocycles. The van der Waals surface area contributed by atoms with Crippen molar-refractivity contribution < 1.29 is 18.7 Å². The number of hydrogen-bond acceptors (Lipinski definition) is 3. The van der Waals surface area contributed by atoms with Gasteiger partial charge in [0, 0.05) is 6.54 Å². The van der Waals surface area contributed by atoms with Gasteiger partial charge in [0.15, 0.2) is 11.5 Å². The average molecular weight is 303 g/mol. The molecule has 0 aliphatic carbocycles. The van der Waals surface area contributed by atoms with Crippen LogP contribution >= 0.6 is 0 Å². The van der Waals surface area contributed by atoms with Gasteiger partial charge in [-0.1, -0.05) is 24.3 Å². The fourth-order valence-corrected chi connectivity index (χ4v) is 1.93. The summed E-state index contributed by atoms with van der Waals surface area (Å²) in [7, 11) is 1.56. The molecule has 0 atom stereocenters. The summed E-state index contributed by atoms with van der Waals surface area (Å²) in [5.41, 5.74) is 0.721. The number of benzene rings is 2. The summed E-state index contributed by atoms with van der Waals surface area (Å²) in [6.45, 7) is 0.542. The number of methoxy groups -OCH3 is 1. The van der Waals surface area contributed by atoms with Gasteiger partial charge in [-0.3, -0.25) is 4.79 Å². The van der Waals surface area contributed by atoms with Gasteiger partial charge >= 0.3 is 0 Å². The number of carbonyl (C=O) groups is 1. The number of halogens is 1. The maximum atomic E-state index is 13.0. The van der Waals surface area contributed by atoms with Crippen LogP contribution in [-0.4, -0.2) is 19.6 Å². The van der Waals surface area contributed by atoms with E-state index in [1.807, 2.05) is 12.1 Å². The minimum Gasteiger partial charge on any atom is -0.493 e. The highest BCUT2D eigenvalue weighted by Gasteiger charge is 2.05. The summed E-state index contributed by atoms with van der Waals surface area (Å²) in [6, 6.07) is 13.4. The molecule has 4 nitrogen and oxygen atoms in total. The Labute approximate surface area is 128 Å². The molecule has 2 aromatic carbocycles. The Morgan fingerprint density at radius 1 is 1.14 bits per heavy atom. The summed E-state index contributed by atoms with van der Waals surface area (Å²) in [6.07, 6.45) is 0.216. The molecule has 1 amide bonds. The van der Waals surface area contributed by atoms with Crippen LogP contribution in [0.2, 0.25) is 0 Å². The Kier molecular flexibility index (Phi) is 5.77. The molecule has 0 spiro atoms. The van der Waals surface area contributed by atoms with Crippen LogP contribution in [0.5, 0.6) is 11.5 Å². The van der Waals surface area contributed by atoms with Crippen LogP contribution in [0.1, 0.15) is 12.0 Å². The molecule has 0 saturated heterocycles. The standard InChI is InChI=1S/C17H18FNO3/c1-21-15-7-2-3-8-16(15)22-10-9-17(20)19-12-13-5-4-6-14(18)11-13/h2-8,11H,9-10,12H2,1H3,(H,19,20). The Morgan fingerprint density at radius 3 is 2.64 bits per heavy atom. The van der Waals surface area contributed by atoms with Crippen LogP contribution in [0.3, 0.4) is 0 Å². The van der Waals surface area contributed by atoms with Gasteiger partial charge in [-0.05, 0) is 29.8 Å². The first-order chi connectivity index (χ1) is 10.7. The molecule has 0 aliphatic rings. The van der Waals surface area contributed by atoms with E-state index in [0.717, 1.165) is 5.56 Å². The lowest BCUT2D eigenvalue weighted by Gasteiger charge is -2.10. The summed E-state index contributed by atoms with van der Waals surface area (Å²) in [4.78, 5) is 11.7. The normalized spacial score (nSPS) is 10.1. The first-order valence-electron chi connectivity index (χ1n) is 6.96. The Hall–Kier alpha value is -2.56. The highest BCUT2D eigenvalue weighted by Crippen LogP contribution is 2.25. The highest BCUT2D eigenvalue weighted by atomic mass is 19.1. The smallest absolute Gasteiger partial charge is 0.223 e. The van der Waals surface area contributed by atoms with Gasteiger partial charge in [0.05, 0.1) is 20.1 Å². The summed E-state index contributed by atoms with van der Waals surface area (Å²) >= 11 is 0. The zero-order valence-corrected chi connectivity index (χ0v) is 12.3. The number of ether oxygens (including phenoxy) is 2. The van der Waals surface area contributed by atoms with Gasteiger partial charge < -0.3 is 14.8 Å². The fourth-order valence-electron chi connectivity index (χ4n) is 1.93. The first-order valence-corrected chi connectivity index (χ1v) is 6.96. The molecular weight excluding hydrogens is 285 g/mol. The van der Waals surface area contributed by atoms with Gasteiger partial charge in [-0.2, -0.15) is 0 Å². The van der Waals surface area contributed by atoms with Crippen LogP contribution in [0.4, 0.5) is 4.39 Å². The van der Waals surface area contributed by atoms with Crippen molar-refractivity contribution in [2.75, 3.05) is 13.7 Å². The largest absolute Gasteiger partial charge is 0.493 e. The molecule has 116 valence electrons. The van der Waals surface area contributed by atoms with E-state index >= 15 is 0 Å².